The van der Waals surface area contributed by atoms with Crippen LogP contribution in [-0.2, 0) is 0 Å². The van der Waals surface area contributed by atoms with Gasteiger partial charge in [-0.15, -0.1) is 0 Å². The summed E-state index contributed by atoms with van der Waals surface area (Å²) in [4.78, 5) is 1.92. The van der Waals surface area contributed by atoms with Crippen molar-refractivity contribution >= 4 is 11.5 Å². The third kappa shape index (κ3) is 2.34. The Hall–Kier alpha value is -1.31. The highest BCUT2D eigenvalue weighted by molar-refractivity contribution is 5.96. The summed E-state index contributed by atoms with van der Waals surface area (Å²) < 4.78 is 0. The molecule has 0 radical (unpaired) electrons. The fourth-order valence-electron chi connectivity index (χ4n) is 1.29. The Labute approximate surface area is 86.1 Å². The standard InChI is InChI=1S/C12H18N2/c1-9(2)12(13)14(4)11-7-5-10(3)6-8-11/h5-9,13H,1-4H3. The lowest BCUT2D eigenvalue weighted by molar-refractivity contribution is 0.850. The fourth-order valence-corrected chi connectivity index (χ4v) is 1.29. The van der Waals surface area contributed by atoms with Gasteiger partial charge in [0, 0.05) is 18.7 Å². The molecule has 2 nitrogen and oxygen atoms in total. The van der Waals surface area contributed by atoms with Crippen LogP contribution in [0.4, 0.5) is 5.69 Å². The van der Waals surface area contributed by atoms with E-state index in [2.05, 4.69) is 19.1 Å². The van der Waals surface area contributed by atoms with Crippen molar-refractivity contribution in [3.63, 3.8) is 0 Å². The van der Waals surface area contributed by atoms with Gasteiger partial charge in [-0.1, -0.05) is 31.5 Å². The molecule has 0 aliphatic rings. The van der Waals surface area contributed by atoms with Crippen LogP contribution in [0.1, 0.15) is 19.4 Å². The van der Waals surface area contributed by atoms with Gasteiger partial charge >= 0.3 is 0 Å². The maximum atomic E-state index is 7.87. The SMILES string of the molecule is Cc1ccc(N(C)C(=N)C(C)C)cc1. The molecule has 76 valence electrons. The molecule has 0 atom stereocenters. The molecule has 0 aliphatic carbocycles. The maximum absolute atomic E-state index is 7.87. The highest BCUT2D eigenvalue weighted by atomic mass is 15.1. The lowest BCUT2D eigenvalue weighted by Crippen LogP contribution is -2.29. The molecule has 0 fully saturated rings. The van der Waals surface area contributed by atoms with Gasteiger partial charge in [-0.05, 0) is 19.1 Å². The van der Waals surface area contributed by atoms with Gasteiger partial charge in [0.05, 0.1) is 0 Å². The van der Waals surface area contributed by atoms with Gasteiger partial charge in [0.2, 0.25) is 0 Å². The van der Waals surface area contributed by atoms with E-state index in [4.69, 9.17) is 5.41 Å². The van der Waals surface area contributed by atoms with Gasteiger partial charge < -0.3 is 4.90 Å². The first kappa shape index (κ1) is 10.8. The molecule has 1 N–H and O–H groups in total. The van der Waals surface area contributed by atoms with Gasteiger partial charge in [0.1, 0.15) is 5.84 Å². The second-order valence-corrected chi connectivity index (χ2v) is 3.93. The van der Waals surface area contributed by atoms with Gasteiger partial charge in [0.15, 0.2) is 0 Å². The Morgan fingerprint density at radius 1 is 1.21 bits per heavy atom. The summed E-state index contributed by atoms with van der Waals surface area (Å²) in [6.45, 7) is 6.14. The number of anilines is 1. The Bertz CT molecular complexity index is 312. The summed E-state index contributed by atoms with van der Waals surface area (Å²) in [7, 11) is 1.94. The van der Waals surface area contributed by atoms with E-state index in [0.29, 0.717) is 5.84 Å². The zero-order chi connectivity index (χ0) is 10.7. The molecule has 0 saturated heterocycles. The largest absolute Gasteiger partial charge is 0.333 e. The molecule has 0 unspecified atom stereocenters. The molecular weight excluding hydrogens is 172 g/mol. The summed E-state index contributed by atoms with van der Waals surface area (Å²) in [6, 6.07) is 8.23. The van der Waals surface area contributed by atoms with Crippen LogP contribution in [0.15, 0.2) is 24.3 Å². The molecule has 0 aliphatic heterocycles. The molecule has 0 amide bonds. The third-order valence-corrected chi connectivity index (χ3v) is 2.33. The van der Waals surface area contributed by atoms with Crippen molar-refractivity contribution in [1.29, 1.82) is 5.41 Å². The first-order valence-corrected chi connectivity index (χ1v) is 4.91. The van der Waals surface area contributed by atoms with Gasteiger partial charge in [-0.2, -0.15) is 0 Å². The normalized spacial score (nSPS) is 10.4. The van der Waals surface area contributed by atoms with Crippen molar-refractivity contribution in [2.45, 2.75) is 20.8 Å². The molecule has 0 saturated carbocycles. The molecule has 0 aromatic heterocycles. The van der Waals surface area contributed by atoms with Crippen LogP contribution in [0.25, 0.3) is 0 Å². The Morgan fingerprint density at radius 2 is 1.71 bits per heavy atom. The predicted octanol–water partition coefficient (Wildman–Crippen LogP) is 3.06. The molecule has 1 aromatic carbocycles. The average Bonchev–Trinajstić information content (AvgIpc) is 2.16. The molecule has 2 heteroatoms. The van der Waals surface area contributed by atoms with E-state index >= 15 is 0 Å². The predicted molar refractivity (Wildman–Crippen MR) is 62.1 cm³/mol. The maximum Gasteiger partial charge on any atom is 0.103 e. The van der Waals surface area contributed by atoms with E-state index in [-0.39, 0.29) is 5.92 Å². The monoisotopic (exact) mass is 190 g/mol. The molecule has 1 rings (SSSR count). The quantitative estimate of drug-likeness (QED) is 0.563. The minimum atomic E-state index is 0.265. The van der Waals surface area contributed by atoms with E-state index in [9.17, 15) is 0 Å². The summed E-state index contributed by atoms with van der Waals surface area (Å²) in [5, 5.41) is 7.87. The van der Waals surface area contributed by atoms with Crippen LogP contribution in [-0.4, -0.2) is 12.9 Å². The second kappa shape index (κ2) is 4.27. The van der Waals surface area contributed by atoms with Crippen molar-refractivity contribution < 1.29 is 0 Å². The van der Waals surface area contributed by atoms with Crippen molar-refractivity contribution in [1.82, 2.24) is 0 Å². The smallest absolute Gasteiger partial charge is 0.103 e. The molecule has 1 aromatic rings. The van der Waals surface area contributed by atoms with Crippen molar-refractivity contribution in [3.05, 3.63) is 29.8 Å². The first-order chi connectivity index (χ1) is 6.52. The van der Waals surface area contributed by atoms with E-state index in [0.717, 1.165) is 5.69 Å². The number of nitrogens with zero attached hydrogens (tertiary/aromatic N) is 1. The molecule has 0 spiro atoms. The third-order valence-electron chi connectivity index (χ3n) is 2.33. The zero-order valence-electron chi connectivity index (χ0n) is 9.33. The van der Waals surface area contributed by atoms with Crippen LogP contribution in [0.5, 0.6) is 0 Å². The lowest BCUT2D eigenvalue weighted by atomic mass is 10.1. The second-order valence-electron chi connectivity index (χ2n) is 3.93. The Balaban J connectivity index is 2.84. The van der Waals surface area contributed by atoms with Crippen molar-refractivity contribution in [2.24, 2.45) is 5.92 Å². The average molecular weight is 190 g/mol. The highest BCUT2D eigenvalue weighted by Gasteiger charge is 2.09. The molecule has 0 heterocycles. The minimum absolute atomic E-state index is 0.265. The Morgan fingerprint density at radius 3 is 2.14 bits per heavy atom. The summed E-state index contributed by atoms with van der Waals surface area (Å²) in [5.74, 6) is 0.912. The van der Waals surface area contributed by atoms with Crippen molar-refractivity contribution in [3.8, 4) is 0 Å². The number of rotatable bonds is 2. The number of aryl methyl sites for hydroxylation is 1. The van der Waals surface area contributed by atoms with Gasteiger partial charge in [-0.3, -0.25) is 5.41 Å². The molecule has 14 heavy (non-hydrogen) atoms. The van der Waals surface area contributed by atoms with Gasteiger partial charge in [0.25, 0.3) is 0 Å². The summed E-state index contributed by atoms with van der Waals surface area (Å²) in [6.07, 6.45) is 0. The lowest BCUT2D eigenvalue weighted by Gasteiger charge is -2.22. The van der Waals surface area contributed by atoms with E-state index < -0.39 is 0 Å². The number of benzene rings is 1. The van der Waals surface area contributed by atoms with E-state index in [1.807, 2.05) is 37.9 Å². The zero-order valence-corrected chi connectivity index (χ0v) is 9.33. The van der Waals surface area contributed by atoms with E-state index in [1.165, 1.54) is 5.56 Å². The number of nitrogens with one attached hydrogen (secondary N) is 1. The topological polar surface area (TPSA) is 27.1 Å². The van der Waals surface area contributed by atoms with Crippen molar-refractivity contribution in [2.75, 3.05) is 11.9 Å². The number of hydrogen-bond acceptors (Lipinski definition) is 1. The molecule has 0 bridgehead atoms. The minimum Gasteiger partial charge on any atom is -0.333 e. The number of amidine groups is 1. The summed E-state index contributed by atoms with van der Waals surface area (Å²) in [5.41, 5.74) is 2.33. The van der Waals surface area contributed by atoms with Crippen LogP contribution in [0.3, 0.4) is 0 Å². The number of hydrogen-bond donors (Lipinski definition) is 1. The highest BCUT2D eigenvalue weighted by Crippen LogP contribution is 2.15. The van der Waals surface area contributed by atoms with Crippen LogP contribution < -0.4 is 4.90 Å². The van der Waals surface area contributed by atoms with Gasteiger partial charge in [-0.25, -0.2) is 0 Å². The first-order valence-electron chi connectivity index (χ1n) is 4.91. The Kier molecular flexibility index (Phi) is 3.28. The van der Waals surface area contributed by atoms with E-state index in [1.54, 1.807) is 0 Å². The fraction of sp³-hybridized carbons (Fsp3) is 0.417. The van der Waals surface area contributed by atoms with Crippen LogP contribution >= 0.6 is 0 Å². The summed E-state index contributed by atoms with van der Waals surface area (Å²) >= 11 is 0. The molecular formula is C12H18N2. The van der Waals surface area contributed by atoms with Crippen LogP contribution in [0, 0.1) is 18.3 Å². The van der Waals surface area contributed by atoms with Crippen LogP contribution in [0.2, 0.25) is 0 Å².